The molecule has 5 heteroatoms. The SMILES string of the molecule is O=C(O)CNC(=O)CN1CCC(c2ccccc2)CC1. The molecular formula is C15H20N2O3. The van der Waals surface area contributed by atoms with Crippen LogP contribution in [0, 0.1) is 0 Å². The molecule has 2 N–H and O–H groups in total. The number of carboxylic acids is 1. The summed E-state index contributed by atoms with van der Waals surface area (Å²) in [6.07, 6.45) is 2.08. The van der Waals surface area contributed by atoms with Crippen LogP contribution in [-0.2, 0) is 9.59 Å². The third-order valence-corrected chi connectivity index (χ3v) is 3.66. The number of benzene rings is 1. The predicted octanol–water partition coefficient (Wildman–Crippen LogP) is 1.07. The highest BCUT2D eigenvalue weighted by atomic mass is 16.4. The van der Waals surface area contributed by atoms with Gasteiger partial charge in [0.05, 0.1) is 6.54 Å². The molecule has 0 aliphatic carbocycles. The topological polar surface area (TPSA) is 69.6 Å². The maximum absolute atomic E-state index is 11.6. The summed E-state index contributed by atoms with van der Waals surface area (Å²) in [5, 5.41) is 10.9. The molecule has 1 amide bonds. The van der Waals surface area contributed by atoms with Crippen LogP contribution in [0.3, 0.4) is 0 Å². The summed E-state index contributed by atoms with van der Waals surface area (Å²) < 4.78 is 0. The van der Waals surface area contributed by atoms with E-state index in [-0.39, 0.29) is 19.0 Å². The molecule has 1 saturated heterocycles. The molecule has 1 heterocycles. The highest BCUT2D eigenvalue weighted by Crippen LogP contribution is 2.27. The molecule has 1 aliphatic rings. The van der Waals surface area contributed by atoms with E-state index in [1.165, 1.54) is 5.56 Å². The van der Waals surface area contributed by atoms with Gasteiger partial charge in [0.25, 0.3) is 0 Å². The van der Waals surface area contributed by atoms with E-state index in [1.54, 1.807) is 0 Å². The van der Waals surface area contributed by atoms with Crippen LogP contribution < -0.4 is 5.32 Å². The molecule has 1 fully saturated rings. The van der Waals surface area contributed by atoms with Gasteiger partial charge in [-0.05, 0) is 37.4 Å². The van der Waals surface area contributed by atoms with Crippen molar-refractivity contribution in [3.8, 4) is 0 Å². The highest BCUT2D eigenvalue weighted by Gasteiger charge is 2.21. The molecule has 5 nitrogen and oxygen atoms in total. The molecule has 0 radical (unpaired) electrons. The Bertz CT molecular complexity index is 453. The van der Waals surface area contributed by atoms with Gasteiger partial charge in [-0.3, -0.25) is 14.5 Å². The van der Waals surface area contributed by atoms with Crippen molar-refractivity contribution in [1.29, 1.82) is 0 Å². The average Bonchev–Trinajstić information content (AvgIpc) is 2.47. The Balaban J connectivity index is 1.74. The van der Waals surface area contributed by atoms with Crippen molar-refractivity contribution in [2.45, 2.75) is 18.8 Å². The number of nitrogens with zero attached hydrogens (tertiary/aromatic N) is 1. The van der Waals surface area contributed by atoms with Crippen LogP contribution in [0.5, 0.6) is 0 Å². The smallest absolute Gasteiger partial charge is 0.322 e. The molecule has 0 bridgehead atoms. The van der Waals surface area contributed by atoms with Crippen LogP contribution >= 0.6 is 0 Å². The fourth-order valence-corrected chi connectivity index (χ4v) is 2.58. The Morgan fingerprint density at radius 3 is 2.45 bits per heavy atom. The normalized spacial score (nSPS) is 16.8. The van der Waals surface area contributed by atoms with Crippen LogP contribution in [0.1, 0.15) is 24.3 Å². The van der Waals surface area contributed by atoms with E-state index in [4.69, 9.17) is 5.11 Å². The van der Waals surface area contributed by atoms with E-state index in [0.29, 0.717) is 5.92 Å². The number of nitrogens with one attached hydrogen (secondary N) is 1. The van der Waals surface area contributed by atoms with Crippen molar-refractivity contribution in [2.75, 3.05) is 26.2 Å². The Morgan fingerprint density at radius 2 is 1.85 bits per heavy atom. The molecule has 1 aromatic carbocycles. The minimum atomic E-state index is -1.01. The molecule has 0 atom stereocenters. The maximum atomic E-state index is 11.6. The molecule has 108 valence electrons. The first-order valence-corrected chi connectivity index (χ1v) is 6.91. The van der Waals surface area contributed by atoms with E-state index < -0.39 is 5.97 Å². The monoisotopic (exact) mass is 276 g/mol. The van der Waals surface area contributed by atoms with Crippen molar-refractivity contribution in [3.63, 3.8) is 0 Å². The van der Waals surface area contributed by atoms with Crippen LogP contribution in [0.15, 0.2) is 30.3 Å². The van der Waals surface area contributed by atoms with E-state index in [1.807, 2.05) is 6.07 Å². The minimum absolute atomic E-state index is 0.217. The molecule has 0 unspecified atom stereocenters. The van der Waals surface area contributed by atoms with Crippen molar-refractivity contribution in [1.82, 2.24) is 10.2 Å². The molecule has 0 saturated carbocycles. The fourth-order valence-electron chi connectivity index (χ4n) is 2.58. The largest absolute Gasteiger partial charge is 0.480 e. The van der Waals surface area contributed by atoms with Crippen LogP contribution in [0.2, 0.25) is 0 Å². The van der Waals surface area contributed by atoms with Gasteiger partial charge in [-0.15, -0.1) is 0 Å². The number of piperidine rings is 1. The second kappa shape index (κ2) is 7.05. The third-order valence-electron chi connectivity index (χ3n) is 3.66. The summed E-state index contributed by atoms with van der Waals surface area (Å²) in [5.74, 6) is -0.666. The van der Waals surface area contributed by atoms with Crippen LogP contribution in [0.25, 0.3) is 0 Å². The molecule has 1 aromatic rings. The first-order valence-electron chi connectivity index (χ1n) is 6.91. The number of rotatable bonds is 5. The van der Waals surface area contributed by atoms with Crippen molar-refractivity contribution >= 4 is 11.9 Å². The standard InChI is InChI=1S/C15H20N2O3/c18-14(16-10-15(19)20)11-17-8-6-13(7-9-17)12-4-2-1-3-5-12/h1-5,13H,6-11H2,(H,16,18)(H,19,20). The number of carboxylic acid groups (broad SMARTS) is 1. The van der Waals surface area contributed by atoms with Gasteiger partial charge in [0.2, 0.25) is 5.91 Å². The summed E-state index contributed by atoms with van der Waals surface area (Å²) in [6.45, 7) is 1.73. The zero-order valence-corrected chi connectivity index (χ0v) is 11.4. The number of hydrogen-bond acceptors (Lipinski definition) is 3. The van der Waals surface area contributed by atoms with Gasteiger partial charge in [-0.1, -0.05) is 30.3 Å². The van der Waals surface area contributed by atoms with Gasteiger partial charge in [0.1, 0.15) is 6.54 Å². The van der Waals surface area contributed by atoms with E-state index in [2.05, 4.69) is 34.5 Å². The quantitative estimate of drug-likeness (QED) is 0.844. The predicted molar refractivity (Wildman–Crippen MR) is 75.5 cm³/mol. The second-order valence-corrected chi connectivity index (χ2v) is 5.13. The lowest BCUT2D eigenvalue weighted by molar-refractivity contribution is -0.138. The summed E-state index contributed by atoms with van der Waals surface area (Å²) in [7, 11) is 0. The molecule has 0 spiro atoms. The number of carbonyl (C=O) groups excluding carboxylic acids is 1. The summed E-state index contributed by atoms with van der Waals surface area (Å²) in [6, 6.07) is 10.4. The fraction of sp³-hybridized carbons (Fsp3) is 0.467. The molecule has 20 heavy (non-hydrogen) atoms. The lowest BCUT2D eigenvalue weighted by Gasteiger charge is -2.31. The third kappa shape index (κ3) is 4.35. The van der Waals surface area contributed by atoms with Gasteiger partial charge >= 0.3 is 5.97 Å². The number of aliphatic carboxylic acids is 1. The first-order chi connectivity index (χ1) is 9.65. The lowest BCUT2D eigenvalue weighted by Crippen LogP contribution is -2.42. The zero-order valence-electron chi connectivity index (χ0n) is 11.4. The Kier molecular flexibility index (Phi) is 5.12. The van der Waals surface area contributed by atoms with Gasteiger partial charge in [-0.25, -0.2) is 0 Å². The van der Waals surface area contributed by atoms with Gasteiger partial charge in [-0.2, -0.15) is 0 Å². The van der Waals surface area contributed by atoms with Crippen molar-refractivity contribution < 1.29 is 14.7 Å². The van der Waals surface area contributed by atoms with E-state index in [0.717, 1.165) is 25.9 Å². The first kappa shape index (κ1) is 14.5. The van der Waals surface area contributed by atoms with Crippen molar-refractivity contribution in [3.05, 3.63) is 35.9 Å². The van der Waals surface area contributed by atoms with Crippen LogP contribution in [-0.4, -0.2) is 48.1 Å². The van der Waals surface area contributed by atoms with Gasteiger partial charge < -0.3 is 10.4 Å². The number of amides is 1. The van der Waals surface area contributed by atoms with Gasteiger partial charge in [0, 0.05) is 0 Å². The number of carbonyl (C=O) groups is 2. The lowest BCUT2D eigenvalue weighted by atomic mass is 9.89. The van der Waals surface area contributed by atoms with Gasteiger partial charge in [0.15, 0.2) is 0 Å². The Labute approximate surface area is 118 Å². The summed E-state index contributed by atoms with van der Waals surface area (Å²) in [4.78, 5) is 24.0. The highest BCUT2D eigenvalue weighted by molar-refractivity contribution is 5.82. The minimum Gasteiger partial charge on any atom is -0.480 e. The second-order valence-electron chi connectivity index (χ2n) is 5.13. The Morgan fingerprint density at radius 1 is 1.20 bits per heavy atom. The molecule has 2 rings (SSSR count). The number of likely N-dealkylation sites (tertiary alicyclic amines) is 1. The van der Waals surface area contributed by atoms with Crippen LogP contribution in [0.4, 0.5) is 0 Å². The molecule has 0 aromatic heterocycles. The van der Waals surface area contributed by atoms with E-state index in [9.17, 15) is 9.59 Å². The van der Waals surface area contributed by atoms with Crippen molar-refractivity contribution in [2.24, 2.45) is 0 Å². The average molecular weight is 276 g/mol. The number of hydrogen-bond donors (Lipinski definition) is 2. The molecular weight excluding hydrogens is 256 g/mol. The summed E-state index contributed by atoms with van der Waals surface area (Å²) in [5.41, 5.74) is 1.36. The zero-order chi connectivity index (χ0) is 14.4. The molecule has 1 aliphatic heterocycles. The maximum Gasteiger partial charge on any atom is 0.322 e. The summed E-state index contributed by atoms with van der Waals surface area (Å²) >= 11 is 0. The Hall–Kier alpha value is -1.88. The van der Waals surface area contributed by atoms with E-state index >= 15 is 0 Å².